The summed E-state index contributed by atoms with van der Waals surface area (Å²) >= 11 is 11.9. The summed E-state index contributed by atoms with van der Waals surface area (Å²) < 4.78 is 19.3. The average Bonchev–Trinajstić information content (AvgIpc) is 2.39. The first-order valence-corrected chi connectivity index (χ1v) is 6.84. The monoisotopic (exact) mass is 313 g/mol. The van der Waals surface area contributed by atoms with Crippen LogP contribution in [0.4, 0.5) is 4.39 Å². The number of benzene rings is 2. The number of ether oxygens (including phenoxy) is 1. The third-order valence-corrected chi connectivity index (χ3v) is 3.47. The van der Waals surface area contributed by atoms with Crippen LogP contribution in [-0.2, 0) is 6.61 Å². The van der Waals surface area contributed by atoms with Crippen molar-refractivity contribution in [1.82, 2.24) is 0 Å². The summed E-state index contributed by atoms with van der Waals surface area (Å²) in [5, 5.41) is 1.13. The Kier molecular flexibility index (Phi) is 4.86. The van der Waals surface area contributed by atoms with Gasteiger partial charge >= 0.3 is 0 Å². The fourth-order valence-corrected chi connectivity index (χ4v) is 2.15. The highest BCUT2D eigenvalue weighted by Crippen LogP contribution is 2.24. The van der Waals surface area contributed by atoms with Crippen LogP contribution in [0.15, 0.2) is 36.4 Å². The molecule has 0 aromatic heterocycles. The summed E-state index contributed by atoms with van der Waals surface area (Å²) in [6.45, 7) is 1.95. The minimum absolute atomic E-state index is 0.219. The van der Waals surface area contributed by atoms with Crippen molar-refractivity contribution in [3.05, 3.63) is 63.4 Å². The maximum absolute atomic E-state index is 13.8. The smallest absolute Gasteiger partial charge is 0.131 e. The molecule has 0 aliphatic rings. The maximum Gasteiger partial charge on any atom is 0.131 e. The van der Waals surface area contributed by atoms with E-state index in [-0.39, 0.29) is 18.5 Å². The van der Waals surface area contributed by atoms with Crippen LogP contribution >= 0.6 is 23.2 Å². The third kappa shape index (κ3) is 3.63. The standard InChI is InChI=1S/C15H14Cl2FNO/c1-9(19)13-4-3-12(7-15(13)18)20-8-10-6-11(16)2-5-14(10)17/h2-7,9H,8,19H2,1H3. The van der Waals surface area contributed by atoms with Crippen molar-refractivity contribution in [3.8, 4) is 5.75 Å². The molecule has 0 radical (unpaired) electrons. The number of hydrogen-bond acceptors (Lipinski definition) is 2. The first kappa shape index (κ1) is 15.1. The van der Waals surface area contributed by atoms with Gasteiger partial charge in [0.25, 0.3) is 0 Å². The van der Waals surface area contributed by atoms with Crippen molar-refractivity contribution >= 4 is 23.2 Å². The van der Waals surface area contributed by atoms with Gasteiger partial charge in [-0.05, 0) is 31.2 Å². The Labute approximate surface area is 127 Å². The zero-order valence-electron chi connectivity index (χ0n) is 10.9. The second-order valence-electron chi connectivity index (χ2n) is 4.50. The normalized spacial score (nSPS) is 12.2. The van der Waals surface area contributed by atoms with Crippen molar-refractivity contribution in [2.24, 2.45) is 5.73 Å². The average molecular weight is 314 g/mol. The molecule has 0 aliphatic carbocycles. The molecule has 0 amide bonds. The van der Waals surface area contributed by atoms with Crippen molar-refractivity contribution in [3.63, 3.8) is 0 Å². The zero-order valence-corrected chi connectivity index (χ0v) is 12.4. The van der Waals surface area contributed by atoms with Crippen LogP contribution < -0.4 is 10.5 Å². The van der Waals surface area contributed by atoms with Crippen LogP contribution in [0.2, 0.25) is 10.0 Å². The first-order valence-electron chi connectivity index (χ1n) is 6.09. The largest absolute Gasteiger partial charge is 0.489 e. The molecular weight excluding hydrogens is 300 g/mol. The fraction of sp³-hybridized carbons (Fsp3) is 0.200. The summed E-state index contributed by atoms with van der Waals surface area (Å²) in [4.78, 5) is 0. The number of hydrogen-bond donors (Lipinski definition) is 1. The van der Waals surface area contributed by atoms with Gasteiger partial charge in [-0.1, -0.05) is 29.3 Å². The lowest BCUT2D eigenvalue weighted by Crippen LogP contribution is -2.07. The summed E-state index contributed by atoms with van der Waals surface area (Å²) in [7, 11) is 0. The van der Waals surface area contributed by atoms with E-state index in [0.717, 1.165) is 5.56 Å². The summed E-state index contributed by atoms with van der Waals surface area (Å²) in [6.07, 6.45) is 0. The number of rotatable bonds is 4. The molecule has 2 rings (SSSR count). The molecule has 5 heteroatoms. The van der Waals surface area contributed by atoms with Crippen molar-refractivity contribution < 1.29 is 9.13 Å². The zero-order chi connectivity index (χ0) is 14.7. The van der Waals surface area contributed by atoms with Gasteiger partial charge in [-0.2, -0.15) is 0 Å². The molecule has 0 saturated carbocycles. The molecule has 106 valence electrons. The molecule has 0 bridgehead atoms. The van der Waals surface area contributed by atoms with E-state index < -0.39 is 0 Å². The van der Waals surface area contributed by atoms with Gasteiger partial charge < -0.3 is 10.5 Å². The van der Waals surface area contributed by atoms with E-state index in [4.69, 9.17) is 33.7 Å². The van der Waals surface area contributed by atoms with Crippen molar-refractivity contribution in [2.75, 3.05) is 0 Å². The van der Waals surface area contributed by atoms with E-state index >= 15 is 0 Å². The third-order valence-electron chi connectivity index (χ3n) is 2.86. The Morgan fingerprint density at radius 1 is 1.20 bits per heavy atom. The van der Waals surface area contributed by atoms with Crippen molar-refractivity contribution in [1.29, 1.82) is 0 Å². The van der Waals surface area contributed by atoms with E-state index in [0.29, 0.717) is 21.4 Å². The van der Waals surface area contributed by atoms with Crippen LogP contribution in [0, 0.1) is 5.82 Å². The van der Waals surface area contributed by atoms with Crippen LogP contribution in [0.5, 0.6) is 5.75 Å². The first-order chi connectivity index (χ1) is 9.47. The summed E-state index contributed by atoms with van der Waals surface area (Å²) in [6, 6.07) is 9.38. The van der Waals surface area contributed by atoms with Gasteiger partial charge in [-0.15, -0.1) is 0 Å². The molecule has 0 fully saturated rings. The van der Waals surface area contributed by atoms with Gasteiger partial charge in [0.15, 0.2) is 0 Å². The number of halogens is 3. The van der Waals surface area contributed by atoms with Gasteiger partial charge in [0.1, 0.15) is 18.2 Å². The molecule has 2 aromatic rings. The molecule has 0 saturated heterocycles. The Morgan fingerprint density at radius 3 is 2.60 bits per heavy atom. The van der Waals surface area contributed by atoms with E-state index in [1.165, 1.54) is 6.07 Å². The lowest BCUT2D eigenvalue weighted by molar-refractivity contribution is 0.304. The second kappa shape index (κ2) is 6.44. The Morgan fingerprint density at radius 2 is 1.95 bits per heavy atom. The molecular formula is C15H14Cl2FNO. The van der Waals surface area contributed by atoms with Gasteiger partial charge in [0, 0.05) is 33.3 Å². The van der Waals surface area contributed by atoms with Gasteiger partial charge in [0.2, 0.25) is 0 Å². The molecule has 2 aromatic carbocycles. The van der Waals surface area contributed by atoms with Crippen LogP contribution in [0.3, 0.4) is 0 Å². The molecule has 0 heterocycles. The summed E-state index contributed by atoms with van der Waals surface area (Å²) in [5.74, 6) is 0.0395. The topological polar surface area (TPSA) is 35.2 Å². The number of nitrogens with two attached hydrogens (primary N) is 1. The van der Waals surface area contributed by atoms with Gasteiger partial charge in [-0.3, -0.25) is 0 Å². The minimum atomic E-state index is -0.380. The predicted molar refractivity (Wildman–Crippen MR) is 79.8 cm³/mol. The quantitative estimate of drug-likeness (QED) is 0.885. The minimum Gasteiger partial charge on any atom is -0.489 e. The molecule has 2 nitrogen and oxygen atoms in total. The highest BCUT2D eigenvalue weighted by Gasteiger charge is 2.09. The van der Waals surface area contributed by atoms with Gasteiger partial charge in [0.05, 0.1) is 0 Å². The Hall–Kier alpha value is -1.29. The van der Waals surface area contributed by atoms with E-state index in [1.807, 2.05) is 0 Å². The highest BCUT2D eigenvalue weighted by molar-refractivity contribution is 6.33. The highest BCUT2D eigenvalue weighted by atomic mass is 35.5. The van der Waals surface area contributed by atoms with E-state index in [1.54, 1.807) is 37.3 Å². The van der Waals surface area contributed by atoms with Gasteiger partial charge in [-0.25, -0.2) is 4.39 Å². The predicted octanol–water partition coefficient (Wildman–Crippen LogP) is 4.73. The van der Waals surface area contributed by atoms with E-state index in [2.05, 4.69) is 0 Å². The molecule has 20 heavy (non-hydrogen) atoms. The molecule has 1 unspecified atom stereocenters. The second-order valence-corrected chi connectivity index (χ2v) is 5.34. The van der Waals surface area contributed by atoms with Crippen LogP contribution in [0.25, 0.3) is 0 Å². The Bertz CT molecular complexity index is 617. The van der Waals surface area contributed by atoms with Crippen LogP contribution in [-0.4, -0.2) is 0 Å². The lowest BCUT2D eigenvalue weighted by Gasteiger charge is -2.11. The SMILES string of the molecule is CC(N)c1ccc(OCc2cc(Cl)ccc2Cl)cc1F. The van der Waals surface area contributed by atoms with E-state index in [9.17, 15) is 4.39 Å². The Balaban J connectivity index is 2.11. The van der Waals surface area contributed by atoms with Crippen LogP contribution in [0.1, 0.15) is 24.1 Å². The van der Waals surface area contributed by atoms with Crippen molar-refractivity contribution in [2.45, 2.75) is 19.6 Å². The summed E-state index contributed by atoms with van der Waals surface area (Å²) in [5.41, 5.74) is 6.86. The molecule has 0 aliphatic heterocycles. The molecule has 0 spiro atoms. The lowest BCUT2D eigenvalue weighted by atomic mass is 10.1. The molecule has 1 atom stereocenters. The molecule has 2 N–H and O–H groups in total. The fourth-order valence-electron chi connectivity index (χ4n) is 1.78. The maximum atomic E-state index is 13.8.